The lowest BCUT2D eigenvalue weighted by atomic mass is 10.1. The fraction of sp³-hybridized carbons (Fsp3) is 0.611. The van der Waals surface area contributed by atoms with Crippen LogP contribution in [0.3, 0.4) is 0 Å². The second-order valence-corrected chi connectivity index (χ2v) is 8.60. The second-order valence-electron chi connectivity index (χ2n) is 7.75. The average Bonchev–Trinajstić information content (AvgIpc) is 2.41. The van der Waals surface area contributed by atoms with Gasteiger partial charge in [-0.3, -0.25) is 4.79 Å². The number of ether oxygens (including phenoxy) is 2. The molecule has 6 heteroatoms. The average molecular weight is 401 g/mol. The monoisotopic (exact) mass is 400 g/mol. The summed E-state index contributed by atoms with van der Waals surface area (Å²) in [6, 6.07) is 3.74. The lowest BCUT2D eigenvalue weighted by Gasteiger charge is -2.24. The fourth-order valence-electron chi connectivity index (χ4n) is 2.01. The maximum atomic E-state index is 12.0. The minimum atomic E-state index is -0.293. The van der Waals surface area contributed by atoms with E-state index in [1.165, 1.54) is 0 Å². The Morgan fingerprint density at radius 3 is 2.25 bits per heavy atom. The van der Waals surface area contributed by atoms with Crippen molar-refractivity contribution in [2.75, 3.05) is 13.7 Å². The molecule has 0 bridgehead atoms. The Labute approximate surface area is 153 Å². The number of carbonyl (C=O) groups excluding carboxylic acids is 1. The Hall–Kier alpha value is -1.27. The van der Waals surface area contributed by atoms with E-state index in [-0.39, 0.29) is 23.6 Å². The Morgan fingerprint density at radius 2 is 1.75 bits per heavy atom. The highest BCUT2D eigenvalue weighted by atomic mass is 79.9. The molecular weight excluding hydrogens is 372 g/mol. The number of nitrogens with one attached hydrogen (secondary N) is 2. The molecule has 0 radical (unpaired) electrons. The van der Waals surface area contributed by atoms with E-state index < -0.39 is 0 Å². The Balaban J connectivity index is 2.97. The van der Waals surface area contributed by atoms with Crippen LogP contribution in [0.15, 0.2) is 16.6 Å². The molecular formula is C18H29BrN2O3. The van der Waals surface area contributed by atoms with Gasteiger partial charge in [0.05, 0.1) is 7.11 Å². The first kappa shape index (κ1) is 20.8. The van der Waals surface area contributed by atoms with Gasteiger partial charge >= 0.3 is 0 Å². The van der Waals surface area contributed by atoms with Crippen LogP contribution < -0.4 is 20.1 Å². The van der Waals surface area contributed by atoms with Crippen molar-refractivity contribution in [2.24, 2.45) is 0 Å². The quantitative estimate of drug-likeness (QED) is 0.764. The molecule has 1 amide bonds. The van der Waals surface area contributed by atoms with E-state index in [4.69, 9.17) is 9.47 Å². The molecule has 24 heavy (non-hydrogen) atoms. The van der Waals surface area contributed by atoms with Crippen LogP contribution in [0.1, 0.15) is 47.1 Å². The third-order valence-electron chi connectivity index (χ3n) is 3.04. The van der Waals surface area contributed by atoms with E-state index in [0.717, 1.165) is 10.0 Å². The number of carbonyl (C=O) groups is 1. The Morgan fingerprint density at radius 1 is 1.12 bits per heavy atom. The minimum Gasteiger partial charge on any atom is -0.493 e. The number of amides is 1. The highest BCUT2D eigenvalue weighted by molar-refractivity contribution is 9.10. The van der Waals surface area contributed by atoms with Crippen LogP contribution in [0.25, 0.3) is 0 Å². The molecule has 0 aromatic heterocycles. The number of rotatable bonds is 6. The zero-order valence-corrected chi connectivity index (χ0v) is 17.3. The van der Waals surface area contributed by atoms with Crippen LogP contribution in [0.4, 0.5) is 0 Å². The molecule has 5 nitrogen and oxygen atoms in total. The third-order valence-corrected chi connectivity index (χ3v) is 3.79. The van der Waals surface area contributed by atoms with Crippen molar-refractivity contribution < 1.29 is 14.3 Å². The van der Waals surface area contributed by atoms with Crippen molar-refractivity contribution in [1.29, 1.82) is 0 Å². The summed E-state index contributed by atoms with van der Waals surface area (Å²) < 4.78 is 12.1. The first-order chi connectivity index (χ1) is 10.9. The summed E-state index contributed by atoms with van der Waals surface area (Å²) in [6.45, 7) is 12.6. The summed E-state index contributed by atoms with van der Waals surface area (Å²) in [6.07, 6.45) is 0. The van der Waals surface area contributed by atoms with Crippen LogP contribution in [0, 0.1) is 0 Å². The molecule has 1 rings (SSSR count). The molecule has 136 valence electrons. The lowest BCUT2D eigenvalue weighted by molar-refractivity contribution is -0.124. The molecule has 0 unspecified atom stereocenters. The minimum absolute atomic E-state index is 0.0383. The third kappa shape index (κ3) is 7.09. The first-order valence-electron chi connectivity index (χ1n) is 7.97. The van der Waals surface area contributed by atoms with Gasteiger partial charge in [0.15, 0.2) is 18.1 Å². The van der Waals surface area contributed by atoms with Gasteiger partial charge in [-0.2, -0.15) is 0 Å². The molecule has 1 aromatic carbocycles. The predicted molar refractivity (Wildman–Crippen MR) is 101 cm³/mol. The summed E-state index contributed by atoms with van der Waals surface area (Å²) in [5, 5.41) is 6.32. The molecule has 0 saturated carbocycles. The molecule has 0 aliphatic rings. The smallest absolute Gasteiger partial charge is 0.258 e. The van der Waals surface area contributed by atoms with Gasteiger partial charge in [0.25, 0.3) is 5.91 Å². The van der Waals surface area contributed by atoms with Crippen molar-refractivity contribution in [2.45, 2.75) is 59.2 Å². The van der Waals surface area contributed by atoms with E-state index in [2.05, 4.69) is 47.3 Å². The van der Waals surface area contributed by atoms with Gasteiger partial charge in [-0.25, -0.2) is 0 Å². The number of halogens is 1. The summed E-state index contributed by atoms with van der Waals surface area (Å²) >= 11 is 3.56. The summed E-state index contributed by atoms with van der Waals surface area (Å²) in [4.78, 5) is 12.0. The number of benzene rings is 1. The Kier molecular flexibility index (Phi) is 7.10. The van der Waals surface area contributed by atoms with Crippen LogP contribution in [-0.2, 0) is 11.3 Å². The lowest BCUT2D eigenvalue weighted by Crippen LogP contribution is -2.43. The van der Waals surface area contributed by atoms with Crippen LogP contribution in [0.5, 0.6) is 11.5 Å². The highest BCUT2D eigenvalue weighted by Crippen LogP contribution is 2.36. The summed E-state index contributed by atoms with van der Waals surface area (Å²) in [7, 11) is 1.59. The van der Waals surface area contributed by atoms with Crippen molar-refractivity contribution in [1.82, 2.24) is 10.6 Å². The van der Waals surface area contributed by atoms with Gasteiger partial charge in [-0.1, -0.05) is 15.9 Å². The predicted octanol–water partition coefficient (Wildman–Crippen LogP) is 3.64. The van der Waals surface area contributed by atoms with Crippen LogP contribution in [0.2, 0.25) is 0 Å². The van der Waals surface area contributed by atoms with E-state index in [1.54, 1.807) is 7.11 Å². The van der Waals surface area contributed by atoms with Crippen molar-refractivity contribution >= 4 is 21.8 Å². The SMILES string of the molecule is COc1ccc(Br)c(CNC(C)(C)C)c1OCC(=O)NC(C)(C)C. The number of hydrogen-bond donors (Lipinski definition) is 2. The van der Waals surface area contributed by atoms with E-state index in [9.17, 15) is 4.79 Å². The van der Waals surface area contributed by atoms with Crippen LogP contribution in [-0.4, -0.2) is 30.7 Å². The molecule has 0 atom stereocenters. The van der Waals surface area contributed by atoms with Gasteiger partial charge in [0, 0.05) is 27.7 Å². The standard InChI is InChI=1S/C18H29BrN2O3/c1-17(2,3)20-10-12-13(19)8-9-14(23-7)16(12)24-11-15(22)21-18(4,5)6/h8-9,20H,10-11H2,1-7H3,(H,21,22). The zero-order valence-electron chi connectivity index (χ0n) is 15.7. The molecule has 2 N–H and O–H groups in total. The van der Waals surface area contributed by atoms with Gasteiger partial charge in [-0.15, -0.1) is 0 Å². The van der Waals surface area contributed by atoms with Gasteiger partial charge in [-0.05, 0) is 53.7 Å². The molecule has 0 aliphatic heterocycles. The topological polar surface area (TPSA) is 59.6 Å². The van der Waals surface area contributed by atoms with Crippen molar-refractivity contribution in [3.63, 3.8) is 0 Å². The van der Waals surface area contributed by atoms with E-state index in [1.807, 2.05) is 32.9 Å². The molecule has 1 aromatic rings. The Bertz CT molecular complexity index is 575. The second kappa shape index (κ2) is 8.21. The van der Waals surface area contributed by atoms with Gasteiger partial charge < -0.3 is 20.1 Å². The maximum absolute atomic E-state index is 12.0. The number of hydrogen-bond acceptors (Lipinski definition) is 4. The largest absolute Gasteiger partial charge is 0.493 e. The van der Waals surface area contributed by atoms with Gasteiger partial charge in [0.1, 0.15) is 0 Å². The van der Waals surface area contributed by atoms with Crippen molar-refractivity contribution in [3.05, 3.63) is 22.2 Å². The van der Waals surface area contributed by atoms with Crippen molar-refractivity contribution in [3.8, 4) is 11.5 Å². The first-order valence-corrected chi connectivity index (χ1v) is 8.76. The molecule has 0 heterocycles. The van der Waals surface area contributed by atoms with Gasteiger partial charge in [0.2, 0.25) is 0 Å². The molecule has 0 spiro atoms. The van der Waals surface area contributed by atoms with E-state index >= 15 is 0 Å². The van der Waals surface area contributed by atoms with Crippen LogP contribution >= 0.6 is 15.9 Å². The summed E-state index contributed by atoms with van der Waals surface area (Å²) in [5.41, 5.74) is 0.592. The highest BCUT2D eigenvalue weighted by Gasteiger charge is 2.19. The maximum Gasteiger partial charge on any atom is 0.258 e. The normalized spacial score (nSPS) is 12.0. The van der Waals surface area contributed by atoms with E-state index in [0.29, 0.717) is 18.0 Å². The number of methoxy groups -OCH3 is 1. The molecule has 0 fully saturated rings. The summed E-state index contributed by atoms with van der Waals surface area (Å²) in [5.74, 6) is 1.01. The fourth-order valence-corrected chi connectivity index (χ4v) is 2.46. The zero-order chi connectivity index (χ0) is 18.5. The molecule has 0 saturated heterocycles. The molecule has 0 aliphatic carbocycles.